The zero-order valence-electron chi connectivity index (χ0n) is 15.9. The van der Waals surface area contributed by atoms with Gasteiger partial charge >= 0.3 is 12.1 Å². The Labute approximate surface area is 183 Å². The van der Waals surface area contributed by atoms with Gasteiger partial charge in [-0.1, -0.05) is 23.8 Å². The van der Waals surface area contributed by atoms with Crippen LogP contribution in [0.4, 0.5) is 18.9 Å². The molecule has 0 saturated heterocycles. The highest BCUT2D eigenvalue weighted by Gasteiger charge is 2.31. The van der Waals surface area contributed by atoms with E-state index in [1.165, 1.54) is 13.8 Å². The van der Waals surface area contributed by atoms with Crippen molar-refractivity contribution in [3.63, 3.8) is 0 Å². The Hall–Kier alpha value is -3.05. The molecule has 1 atom stereocenters. The third kappa shape index (κ3) is 5.98. The first-order chi connectivity index (χ1) is 14.3. The number of carbonyl (C=O) groups excluding carboxylic acids is 2. The number of nitrogens with zero attached hydrogens (tertiary/aromatic N) is 1. The Bertz CT molecular complexity index is 1070. The zero-order chi connectivity index (χ0) is 23.5. The van der Waals surface area contributed by atoms with E-state index in [1.54, 1.807) is 0 Å². The van der Waals surface area contributed by atoms with Crippen molar-refractivity contribution in [2.75, 3.05) is 0 Å². The number of hydrogen-bond donors (Lipinski definition) is 0. The van der Waals surface area contributed by atoms with Gasteiger partial charge in [0, 0.05) is 12.1 Å². The molecule has 164 valence electrons. The summed E-state index contributed by atoms with van der Waals surface area (Å²) in [5.41, 5.74) is -2.16. The topological polar surface area (TPSA) is 95.7 Å². The molecule has 2 aromatic carbocycles. The van der Waals surface area contributed by atoms with Crippen LogP contribution in [0.1, 0.15) is 29.8 Å². The molecule has 12 heteroatoms. The van der Waals surface area contributed by atoms with Gasteiger partial charge in [-0.15, -0.1) is 0 Å². The second-order valence-corrected chi connectivity index (χ2v) is 7.17. The van der Waals surface area contributed by atoms with Crippen molar-refractivity contribution >= 4 is 46.1 Å². The monoisotopic (exact) mass is 475 g/mol. The number of thiocarbonyl (C=S) groups is 1. The predicted molar refractivity (Wildman–Crippen MR) is 108 cm³/mol. The Morgan fingerprint density at radius 1 is 1.19 bits per heavy atom. The maximum atomic E-state index is 12.8. The van der Waals surface area contributed by atoms with E-state index in [0.717, 1.165) is 30.3 Å². The summed E-state index contributed by atoms with van der Waals surface area (Å²) in [5.74, 6) is -2.14. The molecule has 0 saturated carbocycles. The minimum atomic E-state index is -4.61. The lowest BCUT2D eigenvalue weighted by Gasteiger charge is -2.13. The van der Waals surface area contributed by atoms with E-state index < -0.39 is 45.8 Å². The third-order valence-electron chi connectivity index (χ3n) is 3.87. The van der Waals surface area contributed by atoms with Crippen molar-refractivity contribution in [3.8, 4) is 11.5 Å². The molecule has 0 aliphatic rings. The molecule has 0 N–H and O–H groups in total. The number of alkyl halides is 3. The normalized spacial score (nSPS) is 12.1. The number of hydrogen-bond acceptors (Lipinski definition) is 7. The summed E-state index contributed by atoms with van der Waals surface area (Å²) < 4.78 is 48.6. The van der Waals surface area contributed by atoms with Gasteiger partial charge in [-0.05, 0) is 38.1 Å². The van der Waals surface area contributed by atoms with E-state index in [1.807, 2.05) is 0 Å². The first kappa shape index (κ1) is 24.2. The van der Waals surface area contributed by atoms with Gasteiger partial charge in [0.1, 0.15) is 17.1 Å². The highest BCUT2D eigenvalue weighted by atomic mass is 35.5. The molecule has 7 nitrogen and oxygen atoms in total. The van der Waals surface area contributed by atoms with Gasteiger partial charge in [-0.3, -0.25) is 14.9 Å². The minimum Gasteiger partial charge on any atom is -0.456 e. The van der Waals surface area contributed by atoms with Crippen LogP contribution in [0.5, 0.6) is 11.5 Å². The lowest BCUT2D eigenvalue weighted by atomic mass is 10.1. The summed E-state index contributed by atoms with van der Waals surface area (Å²) in [6, 6.07) is 5.38. The van der Waals surface area contributed by atoms with E-state index in [2.05, 4.69) is 0 Å². The van der Waals surface area contributed by atoms with Crippen LogP contribution in [0, 0.1) is 10.1 Å². The molecule has 0 aliphatic heterocycles. The van der Waals surface area contributed by atoms with Crippen molar-refractivity contribution in [1.82, 2.24) is 0 Å². The lowest BCUT2D eigenvalue weighted by Crippen LogP contribution is -2.28. The van der Waals surface area contributed by atoms with Gasteiger partial charge < -0.3 is 9.47 Å². The lowest BCUT2D eigenvalue weighted by molar-refractivity contribution is -0.385. The van der Waals surface area contributed by atoms with Crippen LogP contribution >= 0.6 is 23.8 Å². The van der Waals surface area contributed by atoms with Crippen LogP contribution < -0.4 is 4.74 Å². The Balaban J connectivity index is 2.35. The van der Waals surface area contributed by atoms with E-state index >= 15 is 0 Å². The van der Waals surface area contributed by atoms with Crippen LogP contribution in [0.15, 0.2) is 36.4 Å². The number of esters is 1. The third-order valence-corrected chi connectivity index (χ3v) is 4.37. The van der Waals surface area contributed by atoms with E-state index in [4.69, 9.17) is 33.3 Å². The Kier molecular flexibility index (Phi) is 7.34. The second-order valence-electron chi connectivity index (χ2n) is 6.15. The molecule has 0 aromatic heterocycles. The first-order valence-corrected chi connectivity index (χ1v) is 9.18. The van der Waals surface area contributed by atoms with Crippen LogP contribution in [0.3, 0.4) is 0 Å². The number of benzene rings is 2. The molecule has 2 aromatic rings. The quantitative estimate of drug-likeness (QED) is 0.224. The number of ether oxygens (including phenoxy) is 2. The SMILES string of the molecule is CC(=S)C(=O)C(C)OC(=O)c1cc(Oc2ccc(C(F)(F)F)cc2Cl)ccc1[N+](=O)[O-]. The highest BCUT2D eigenvalue weighted by molar-refractivity contribution is 7.82. The molecule has 31 heavy (non-hydrogen) atoms. The first-order valence-electron chi connectivity index (χ1n) is 8.40. The van der Waals surface area contributed by atoms with E-state index in [0.29, 0.717) is 6.07 Å². The highest BCUT2D eigenvalue weighted by Crippen LogP contribution is 2.37. The minimum absolute atomic E-state index is 0.0381. The largest absolute Gasteiger partial charge is 0.456 e. The molecular weight excluding hydrogens is 463 g/mol. The van der Waals surface area contributed by atoms with Gasteiger partial charge in [0.25, 0.3) is 5.69 Å². The molecule has 0 bridgehead atoms. The van der Waals surface area contributed by atoms with Crippen molar-refractivity contribution < 1.29 is 37.2 Å². The van der Waals surface area contributed by atoms with Gasteiger partial charge in [0.15, 0.2) is 6.10 Å². The fourth-order valence-corrected chi connectivity index (χ4v) is 2.74. The van der Waals surface area contributed by atoms with Crippen LogP contribution in [-0.4, -0.2) is 27.6 Å². The summed E-state index contributed by atoms with van der Waals surface area (Å²) in [6.07, 6.45) is -5.89. The molecule has 0 radical (unpaired) electrons. The van der Waals surface area contributed by atoms with Crippen molar-refractivity contribution in [2.24, 2.45) is 0 Å². The molecule has 0 amide bonds. The van der Waals surface area contributed by atoms with Crippen molar-refractivity contribution in [3.05, 3.63) is 62.7 Å². The van der Waals surface area contributed by atoms with Crippen molar-refractivity contribution in [2.45, 2.75) is 26.1 Å². The zero-order valence-corrected chi connectivity index (χ0v) is 17.4. The van der Waals surface area contributed by atoms with Gasteiger partial charge in [0.2, 0.25) is 5.78 Å². The van der Waals surface area contributed by atoms with Gasteiger partial charge in [0.05, 0.1) is 20.4 Å². The summed E-state index contributed by atoms with van der Waals surface area (Å²) in [7, 11) is 0. The molecule has 0 spiro atoms. The van der Waals surface area contributed by atoms with Crippen LogP contribution in [0.25, 0.3) is 0 Å². The smallest absolute Gasteiger partial charge is 0.416 e. The molecule has 2 rings (SSSR count). The van der Waals surface area contributed by atoms with Gasteiger partial charge in [-0.2, -0.15) is 13.2 Å². The average molecular weight is 476 g/mol. The van der Waals surface area contributed by atoms with E-state index in [-0.39, 0.29) is 21.4 Å². The number of nitro groups is 1. The molecule has 0 heterocycles. The Morgan fingerprint density at radius 3 is 2.35 bits per heavy atom. The maximum Gasteiger partial charge on any atom is 0.416 e. The fourth-order valence-electron chi connectivity index (χ4n) is 2.35. The summed E-state index contributed by atoms with van der Waals surface area (Å²) >= 11 is 10.5. The molecule has 1 unspecified atom stereocenters. The van der Waals surface area contributed by atoms with Crippen LogP contribution in [-0.2, 0) is 15.7 Å². The summed E-state index contributed by atoms with van der Waals surface area (Å²) in [5, 5.41) is 10.9. The fraction of sp³-hybridized carbons (Fsp3) is 0.211. The van der Waals surface area contributed by atoms with E-state index in [9.17, 15) is 32.9 Å². The van der Waals surface area contributed by atoms with Crippen molar-refractivity contribution in [1.29, 1.82) is 0 Å². The summed E-state index contributed by atoms with van der Waals surface area (Å²) in [4.78, 5) is 34.6. The number of Topliss-reactive ketones (excluding diaryl/α,β-unsaturated/α-hetero) is 1. The molecule has 0 fully saturated rings. The number of nitro benzene ring substituents is 1. The maximum absolute atomic E-state index is 12.8. The number of halogens is 4. The predicted octanol–water partition coefficient (Wildman–Crippen LogP) is 5.56. The van der Waals surface area contributed by atoms with Crippen LogP contribution in [0.2, 0.25) is 5.02 Å². The number of carbonyl (C=O) groups is 2. The second kappa shape index (κ2) is 9.40. The molecule has 0 aliphatic carbocycles. The standard InChI is InChI=1S/C19H13ClF3NO6S/c1-9(17(25)10(2)31)29-18(26)13-8-12(4-5-15(13)24(27)28)30-16-6-3-11(7-14(16)20)19(21,22)23/h3-9H,1-2H3. The average Bonchev–Trinajstić information content (AvgIpc) is 2.67. The van der Waals surface area contributed by atoms with Gasteiger partial charge in [-0.25, -0.2) is 4.79 Å². The summed E-state index contributed by atoms with van der Waals surface area (Å²) in [6.45, 7) is 2.59. The molecular formula is C19H13ClF3NO6S. The Morgan fingerprint density at radius 2 is 1.84 bits per heavy atom. The number of rotatable bonds is 7. The number of ketones is 1.